The molecule has 0 aliphatic carbocycles. The lowest BCUT2D eigenvalue weighted by Gasteiger charge is -2.37. The molecular weight excluding hydrogens is 366 g/mol. The van der Waals surface area contributed by atoms with Gasteiger partial charge in [0.05, 0.1) is 5.56 Å². The zero-order valence-electron chi connectivity index (χ0n) is 14.1. The van der Waals surface area contributed by atoms with Crippen LogP contribution < -0.4 is 10.6 Å². The first-order valence-corrected chi connectivity index (χ1v) is 8.92. The van der Waals surface area contributed by atoms with E-state index in [-0.39, 0.29) is 5.91 Å². The number of nitrogens with zero attached hydrogens (tertiary/aromatic N) is 2. The molecule has 0 aromatic heterocycles. The number of nitrogens with two attached hydrogens (primary N) is 1. The second kappa shape index (κ2) is 6.85. The number of nitrogen functional groups attached to an aromatic ring is 1. The van der Waals surface area contributed by atoms with Crippen LogP contribution in [-0.2, 0) is 0 Å². The quantitative estimate of drug-likeness (QED) is 0.800. The van der Waals surface area contributed by atoms with E-state index in [4.69, 9.17) is 5.73 Å². The van der Waals surface area contributed by atoms with Crippen LogP contribution in [0.2, 0.25) is 0 Å². The van der Waals surface area contributed by atoms with Crippen LogP contribution in [0.15, 0.2) is 40.9 Å². The Kier molecular flexibility index (Phi) is 4.81. The summed E-state index contributed by atoms with van der Waals surface area (Å²) in [7, 11) is 0. The van der Waals surface area contributed by atoms with Crippen molar-refractivity contribution in [2.45, 2.75) is 13.8 Å². The Morgan fingerprint density at radius 2 is 1.79 bits per heavy atom. The Balaban J connectivity index is 1.71. The number of benzene rings is 2. The second-order valence-corrected chi connectivity index (χ2v) is 7.15. The summed E-state index contributed by atoms with van der Waals surface area (Å²) < 4.78 is 0.885. The smallest absolute Gasteiger partial charge is 0.256 e. The van der Waals surface area contributed by atoms with Gasteiger partial charge in [-0.25, -0.2) is 0 Å². The van der Waals surface area contributed by atoms with Crippen LogP contribution in [0, 0.1) is 13.8 Å². The van der Waals surface area contributed by atoms with Gasteiger partial charge in [0.15, 0.2) is 0 Å². The highest BCUT2D eigenvalue weighted by molar-refractivity contribution is 9.10. The van der Waals surface area contributed by atoms with Gasteiger partial charge in [-0.15, -0.1) is 0 Å². The summed E-state index contributed by atoms with van der Waals surface area (Å²) in [6.07, 6.45) is 0. The van der Waals surface area contributed by atoms with Gasteiger partial charge in [-0.2, -0.15) is 0 Å². The van der Waals surface area contributed by atoms with Gasteiger partial charge in [-0.1, -0.05) is 28.1 Å². The Bertz CT molecular complexity index is 767. The van der Waals surface area contributed by atoms with Gasteiger partial charge < -0.3 is 15.5 Å². The van der Waals surface area contributed by atoms with E-state index in [0.29, 0.717) is 24.3 Å². The Hall–Kier alpha value is -2.01. The van der Waals surface area contributed by atoms with Gasteiger partial charge in [-0.05, 0) is 49.2 Å². The maximum absolute atomic E-state index is 12.7. The molecule has 1 aliphatic heterocycles. The Morgan fingerprint density at radius 3 is 2.46 bits per heavy atom. The molecule has 1 amide bonds. The zero-order valence-corrected chi connectivity index (χ0v) is 15.6. The van der Waals surface area contributed by atoms with E-state index >= 15 is 0 Å². The molecule has 0 saturated carbocycles. The van der Waals surface area contributed by atoms with Crippen LogP contribution in [-0.4, -0.2) is 37.0 Å². The normalized spacial score (nSPS) is 14.8. The summed E-state index contributed by atoms with van der Waals surface area (Å²) in [5.41, 5.74) is 11.0. The minimum atomic E-state index is 0.0145. The monoisotopic (exact) mass is 387 g/mol. The maximum Gasteiger partial charge on any atom is 0.256 e. The summed E-state index contributed by atoms with van der Waals surface area (Å²) >= 11 is 3.38. The van der Waals surface area contributed by atoms with Crippen LogP contribution in [0.5, 0.6) is 0 Å². The molecule has 1 aliphatic rings. The van der Waals surface area contributed by atoms with Gasteiger partial charge in [-0.3, -0.25) is 4.79 Å². The summed E-state index contributed by atoms with van der Waals surface area (Å²) in [6, 6.07) is 11.8. The van der Waals surface area contributed by atoms with Gasteiger partial charge >= 0.3 is 0 Å². The molecule has 1 heterocycles. The van der Waals surface area contributed by atoms with Crippen LogP contribution in [0.3, 0.4) is 0 Å². The first-order valence-electron chi connectivity index (χ1n) is 8.13. The zero-order chi connectivity index (χ0) is 17.3. The average molecular weight is 388 g/mol. The molecule has 4 nitrogen and oxygen atoms in total. The number of piperazine rings is 1. The molecule has 0 unspecified atom stereocenters. The van der Waals surface area contributed by atoms with Crippen molar-refractivity contribution >= 4 is 33.2 Å². The molecule has 2 aromatic rings. The average Bonchev–Trinajstić information content (AvgIpc) is 2.57. The molecule has 1 fully saturated rings. The van der Waals surface area contributed by atoms with E-state index in [9.17, 15) is 4.79 Å². The molecule has 3 rings (SSSR count). The molecule has 0 spiro atoms. The van der Waals surface area contributed by atoms with Crippen molar-refractivity contribution < 1.29 is 4.79 Å². The van der Waals surface area contributed by atoms with Crippen molar-refractivity contribution in [2.24, 2.45) is 0 Å². The molecule has 2 N–H and O–H groups in total. The second-order valence-electron chi connectivity index (χ2n) is 6.23. The molecule has 0 radical (unpaired) electrons. The standard InChI is InChI=1S/C19H22BrN3O/c1-13-4-3-5-18(14(13)2)22-8-10-23(11-9-22)19(24)16-7-6-15(20)12-17(16)21/h3-7,12H,8-11,21H2,1-2H3. The van der Waals surface area contributed by atoms with Crippen LogP contribution in [0.1, 0.15) is 21.5 Å². The number of carbonyl (C=O) groups is 1. The van der Waals surface area contributed by atoms with Crippen molar-refractivity contribution in [3.8, 4) is 0 Å². The summed E-state index contributed by atoms with van der Waals surface area (Å²) in [4.78, 5) is 17.0. The third kappa shape index (κ3) is 3.26. The van der Waals surface area contributed by atoms with Crippen LogP contribution in [0.25, 0.3) is 0 Å². The van der Waals surface area contributed by atoms with Gasteiger partial charge in [0.2, 0.25) is 0 Å². The van der Waals surface area contributed by atoms with Crippen molar-refractivity contribution in [2.75, 3.05) is 36.8 Å². The molecule has 0 bridgehead atoms. The maximum atomic E-state index is 12.7. The van der Waals surface area contributed by atoms with E-state index in [1.807, 2.05) is 11.0 Å². The highest BCUT2D eigenvalue weighted by Gasteiger charge is 2.24. The lowest BCUT2D eigenvalue weighted by molar-refractivity contribution is 0.0748. The number of rotatable bonds is 2. The number of hydrogen-bond acceptors (Lipinski definition) is 3. The Morgan fingerprint density at radius 1 is 1.08 bits per heavy atom. The third-order valence-electron chi connectivity index (χ3n) is 4.73. The highest BCUT2D eigenvalue weighted by atomic mass is 79.9. The number of halogens is 1. The molecule has 126 valence electrons. The number of amides is 1. The topological polar surface area (TPSA) is 49.6 Å². The fourth-order valence-corrected chi connectivity index (χ4v) is 3.51. The highest BCUT2D eigenvalue weighted by Crippen LogP contribution is 2.25. The molecular formula is C19H22BrN3O. The number of aryl methyl sites for hydroxylation is 1. The van der Waals surface area contributed by atoms with E-state index in [0.717, 1.165) is 17.6 Å². The van der Waals surface area contributed by atoms with Crippen LogP contribution >= 0.6 is 15.9 Å². The molecule has 2 aromatic carbocycles. The fraction of sp³-hybridized carbons (Fsp3) is 0.316. The summed E-state index contributed by atoms with van der Waals surface area (Å²) in [5.74, 6) is 0.0145. The summed E-state index contributed by atoms with van der Waals surface area (Å²) in [6.45, 7) is 7.39. The minimum Gasteiger partial charge on any atom is -0.398 e. The molecule has 0 atom stereocenters. The number of carbonyl (C=O) groups excluding carboxylic acids is 1. The van der Waals surface area contributed by atoms with Crippen molar-refractivity contribution in [3.63, 3.8) is 0 Å². The lowest BCUT2D eigenvalue weighted by atomic mass is 10.1. The van der Waals surface area contributed by atoms with Crippen LogP contribution in [0.4, 0.5) is 11.4 Å². The fourth-order valence-electron chi connectivity index (χ4n) is 3.13. The predicted octanol–water partition coefficient (Wildman–Crippen LogP) is 3.61. The van der Waals surface area contributed by atoms with Crippen molar-refractivity contribution in [1.29, 1.82) is 0 Å². The molecule has 1 saturated heterocycles. The van der Waals surface area contributed by atoms with Crippen molar-refractivity contribution in [1.82, 2.24) is 4.90 Å². The van der Waals surface area contributed by atoms with E-state index < -0.39 is 0 Å². The number of hydrogen-bond donors (Lipinski definition) is 1. The predicted molar refractivity (Wildman–Crippen MR) is 103 cm³/mol. The lowest BCUT2D eigenvalue weighted by Crippen LogP contribution is -2.49. The molecule has 24 heavy (non-hydrogen) atoms. The van der Waals surface area contributed by atoms with Gasteiger partial charge in [0.1, 0.15) is 0 Å². The largest absolute Gasteiger partial charge is 0.398 e. The van der Waals surface area contributed by atoms with Crippen molar-refractivity contribution in [3.05, 3.63) is 57.6 Å². The van der Waals surface area contributed by atoms with Gasteiger partial charge in [0, 0.05) is 42.0 Å². The SMILES string of the molecule is Cc1cccc(N2CCN(C(=O)c3ccc(Br)cc3N)CC2)c1C. The Labute approximate surface area is 151 Å². The first-order chi connectivity index (χ1) is 11.5. The van der Waals surface area contributed by atoms with E-state index in [1.54, 1.807) is 12.1 Å². The summed E-state index contributed by atoms with van der Waals surface area (Å²) in [5, 5.41) is 0. The minimum absolute atomic E-state index is 0.0145. The third-order valence-corrected chi connectivity index (χ3v) is 5.22. The number of anilines is 2. The molecule has 5 heteroatoms. The van der Waals surface area contributed by atoms with E-state index in [1.165, 1.54) is 16.8 Å². The van der Waals surface area contributed by atoms with Gasteiger partial charge in [0.25, 0.3) is 5.91 Å². The van der Waals surface area contributed by atoms with E-state index in [2.05, 4.69) is 52.9 Å². The first kappa shape index (κ1) is 16.8.